The zero-order chi connectivity index (χ0) is 14.4. The molecule has 1 aromatic rings. The van der Waals surface area contributed by atoms with E-state index in [0.717, 1.165) is 35.3 Å². The van der Waals surface area contributed by atoms with Crippen LogP contribution in [0.2, 0.25) is 0 Å². The Hall–Kier alpha value is -0.870. The van der Waals surface area contributed by atoms with Crippen LogP contribution in [-0.4, -0.2) is 26.0 Å². The number of carbonyl (C=O) groups is 1. The van der Waals surface area contributed by atoms with E-state index >= 15 is 0 Å². The third kappa shape index (κ3) is 4.60. The summed E-state index contributed by atoms with van der Waals surface area (Å²) < 4.78 is 6.19. The van der Waals surface area contributed by atoms with Crippen molar-refractivity contribution in [2.75, 3.05) is 20.2 Å². The topological polar surface area (TPSA) is 38.3 Å². The summed E-state index contributed by atoms with van der Waals surface area (Å²) in [7, 11) is 1.64. The van der Waals surface area contributed by atoms with Gasteiger partial charge in [-0.3, -0.25) is 4.79 Å². The Morgan fingerprint density at radius 2 is 2.15 bits per heavy atom. The monoisotopic (exact) mass is 339 g/mol. The van der Waals surface area contributed by atoms with E-state index in [4.69, 9.17) is 4.74 Å². The normalized spacial score (nSPS) is 16.1. The van der Waals surface area contributed by atoms with Crippen molar-refractivity contribution in [1.82, 2.24) is 5.32 Å². The van der Waals surface area contributed by atoms with E-state index in [0.29, 0.717) is 24.5 Å². The van der Waals surface area contributed by atoms with Crippen molar-refractivity contribution < 1.29 is 9.53 Å². The van der Waals surface area contributed by atoms with Crippen LogP contribution in [-0.2, 0) is 11.2 Å². The van der Waals surface area contributed by atoms with E-state index in [-0.39, 0.29) is 0 Å². The third-order valence-corrected chi connectivity index (χ3v) is 4.70. The van der Waals surface area contributed by atoms with Crippen molar-refractivity contribution in [1.29, 1.82) is 0 Å². The van der Waals surface area contributed by atoms with Crippen LogP contribution in [0.25, 0.3) is 0 Å². The molecule has 0 radical (unpaired) electrons. The van der Waals surface area contributed by atoms with Gasteiger partial charge in [-0.15, -0.1) is 0 Å². The average molecular weight is 340 g/mol. The van der Waals surface area contributed by atoms with E-state index in [9.17, 15) is 4.79 Å². The number of piperidine rings is 1. The zero-order valence-corrected chi connectivity index (χ0v) is 13.5. The van der Waals surface area contributed by atoms with Crippen LogP contribution in [0.5, 0.6) is 5.75 Å². The molecule has 3 nitrogen and oxygen atoms in total. The molecule has 1 aromatic carbocycles. The van der Waals surface area contributed by atoms with Crippen molar-refractivity contribution >= 4 is 21.7 Å². The fourth-order valence-electron chi connectivity index (χ4n) is 2.65. The highest BCUT2D eigenvalue weighted by Crippen LogP contribution is 2.24. The first kappa shape index (κ1) is 15.5. The van der Waals surface area contributed by atoms with E-state index in [2.05, 4.69) is 21.2 Å². The molecule has 1 aliphatic heterocycles. The lowest BCUT2D eigenvalue weighted by Crippen LogP contribution is -2.28. The molecule has 1 N–H and O–H groups in total. The van der Waals surface area contributed by atoms with Gasteiger partial charge in [0.2, 0.25) is 0 Å². The number of rotatable bonds is 6. The molecular weight excluding hydrogens is 318 g/mol. The number of ether oxygens (including phenoxy) is 1. The van der Waals surface area contributed by atoms with E-state index < -0.39 is 0 Å². The number of nitrogens with one attached hydrogen (secondary N) is 1. The van der Waals surface area contributed by atoms with Gasteiger partial charge in [0.25, 0.3) is 0 Å². The van der Waals surface area contributed by atoms with Gasteiger partial charge in [0.15, 0.2) is 0 Å². The molecule has 2 rings (SSSR count). The Balaban J connectivity index is 1.84. The fraction of sp³-hybridized carbons (Fsp3) is 0.562. The molecular formula is C16H22BrNO2. The number of halogens is 1. The van der Waals surface area contributed by atoms with Crippen LogP contribution in [0.4, 0.5) is 0 Å². The standard InChI is InChI=1S/C16H22BrNO2/c1-20-15-4-5-16(17)13(11-15)10-14(19)3-2-12-6-8-18-9-7-12/h4-5,11-12,18H,2-3,6-10H2,1H3. The molecule has 0 aliphatic carbocycles. The van der Waals surface area contributed by atoms with Crippen LogP contribution < -0.4 is 10.1 Å². The summed E-state index contributed by atoms with van der Waals surface area (Å²) in [5.41, 5.74) is 1.01. The highest BCUT2D eigenvalue weighted by atomic mass is 79.9. The molecule has 1 fully saturated rings. The number of Topliss-reactive ketones (excluding diaryl/α,β-unsaturated/α-hetero) is 1. The van der Waals surface area contributed by atoms with E-state index in [1.807, 2.05) is 18.2 Å². The van der Waals surface area contributed by atoms with Gasteiger partial charge >= 0.3 is 0 Å². The first-order valence-electron chi connectivity index (χ1n) is 7.24. The molecule has 1 aliphatic rings. The molecule has 4 heteroatoms. The molecule has 0 amide bonds. The predicted molar refractivity (Wildman–Crippen MR) is 84.2 cm³/mol. The summed E-state index contributed by atoms with van der Waals surface area (Å²) in [5, 5.41) is 3.36. The smallest absolute Gasteiger partial charge is 0.137 e. The maximum Gasteiger partial charge on any atom is 0.137 e. The quantitative estimate of drug-likeness (QED) is 0.863. The summed E-state index contributed by atoms with van der Waals surface area (Å²) in [6, 6.07) is 5.77. The second kappa shape index (κ2) is 7.79. The molecule has 0 bridgehead atoms. The summed E-state index contributed by atoms with van der Waals surface area (Å²) in [5.74, 6) is 1.83. The lowest BCUT2D eigenvalue weighted by atomic mass is 9.91. The van der Waals surface area contributed by atoms with Crippen LogP contribution in [0, 0.1) is 5.92 Å². The van der Waals surface area contributed by atoms with Gasteiger partial charge in [-0.2, -0.15) is 0 Å². The first-order valence-corrected chi connectivity index (χ1v) is 8.03. The highest BCUT2D eigenvalue weighted by Gasteiger charge is 2.15. The van der Waals surface area contributed by atoms with Crippen molar-refractivity contribution in [3.8, 4) is 5.75 Å². The van der Waals surface area contributed by atoms with Gasteiger partial charge in [-0.25, -0.2) is 0 Å². The van der Waals surface area contributed by atoms with Gasteiger partial charge < -0.3 is 10.1 Å². The highest BCUT2D eigenvalue weighted by molar-refractivity contribution is 9.10. The van der Waals surface area contributed by atoms with Gasteiger partial charge in [0.05, 0.1) is 7.11 Å². The van der Waals surface area contributed by atoms with Crippen LogP contribution >= 0.6 is 15.9 Å². The Labute approximate surface area is 129 Å². The lowest BCUT2D eigenvalue weighted by molar-refractivity contribution is -0.118. The Morgan fingerprint density at radius 1 is 1.40 bits per heavy atom. The van der Waals surface area contributed by atoms with Crippen molar-refractivity contribution in [2.45, 2.75) is 32.1 Å². The Bertz CT molecular complexity index is 456. The Kier molecular flexibility index (Phi) is 6.05. The van der Waals surface area contributed by atoms with E-state index in [1.54, 1.807) is 7.11 Å². The van der Waals surface area contributed by atoms with E-state index in [1.165, 1.54) is 12.8 Å². The molecule has 1 saturated heterocycles. The first-order chi connectivity index (χ1) is 9.69. The van der Waals surface area contributed by atoms with Crippen molar-refractivity contribution in [3.63, 3.8) is 0 Å². The molecule has 110 valence electrons. The minimum atomic E-state index is 0.317. The maximum absolute atomic E-state index is 12.1. The van der Waals surface area contributed by atoms with Gasteiger partial charge in [-0.1, -0.05) is 15.9 Å². The van der Waals surface area contributed by atoms with Gasteiger partial charge in [0.1, 0.15) is 11.5 Å². The second-order valence-electron chi connectivity index (χ2n) is 5.40. The predicted octanol–water partition coefficient (Wildman–Crippen LogP) is 3.35. The largest absolute Gasteiger partial charge is 0.497 e. The molecule has 0 atom stereocenters. The van der Waals surface area contributed by atoms with Crippen LogP contribution in [0.15, 0.2) is 22.7 Å². The summed E-state index contributed by atoms with van der Waals surface area (Å²) >= 11 is 3.50. The number of carbonyl (C=O) groups excluding carboxylic acids is 1. The molecule has 0 saturated carbocycles. The molecule has 0 unspecified atom stereocenters. The van der Waals surface area contributed by atoms with Crippen molar-refractivity contribution in [3.05, 3.63) is 28.2 Å². The maximum atomic E-state index is 12.1. The summed E-state index contributed by atoms with van der Waals surface area (Å²) in [4.78, 5) is 12.1. The summed E-state index contributed by atoms with van der Waals surface area (Å²) in [6.07, 6.45) is 4.62. The molecule has 0 spiro atoms. The fourth-order valence-corrected chi connectivity index (χ4v) is 3.04. The number of hydrogen-bond acceptors (Lipinski definition) is 3. The number of benzene rings is 1. The number of methoxy groups -OCH3 is 1. The third-order valence-electron chi connectivity index (χ3n) is 3.93. The lowest BCUT2D eigenvalue weighted by Gasteiger charge is -2.22. The van der Waals surface area contributed by atoms with Crippen LogP contribution in [0.1, 0.15) is 31.2 Å². The van der Waals surface area contributed by atoms with Gasteiger partial charge in [-0.05, 0) is 62.0 Å². The average Bonchev–Trinajstić information content (AvgIpc) is 2.48. The minimum absolute atomic E-state index is 0.317. The molecule has 20 heavy (non-hydrogen) atoms. The Morgan fingerprint density at radius 3 is 2.85 bits per heavy atom. The minimum Gasteiger partial charge on any atom is -0.497 e. The zero-order valence-electron chi connectivity index (χ0n) is 12.0. The van der Waals surface area contributed by atoms with Crippen LogP contribution in [0.3, 0.4) is 0 Å². The summed E-state index contributed by atoms with van der Waals surface area (Å²) in [6.45, 7) is 2.20. The molecule has 1 heterocycles. The van der Waals surface area contributed by atoms with Gasteiger partial charge in [0, 0.05) is 17.3 Å². The van der Waals surface area contributed by atoms with Crippen molar-refractivity contribution in [2.24, 2.45) is 5.92 Å². The second-order valence-corrected chi connectivity index (χ2v) is 6.26. The number of hydrogen-bond donors (Lipinski definition) is 1. The number of ketones is 1. The molecule has 0 aromatic heterocycles. The SMILES string of the molecule is COc1ccc(Br)c(CC(=O)CCC2CCNCC2)c1.